The maximum atomic E-state index is 13.1. The fraction of sp³-hybridized carbons (Fsp3) is 0.722. The Bertz CT molecular complexity index is 728. The standard InChI is InChI=1S/C18H24N2O4S/c1-24-3-2-20-14(15(21)22)10-25-17(20)19-16(23)18-7-11-4-12(8-18)6-13(5-11)9-18/h10-13H,2-9H2,1H3,(H,21,22). The van der Waals surface area contributed by atoms with Crippen LogP contribution in [0.3, 0.4) is 0 Å². The van der Waals surface area contributed by atoms with Crippen LogP contribution in [0.2, 0.25) is 0 Å². The summed E-state index contributed by atoms with van der Waals surface area (Å²) in [7, 11) is 1.57. The summed E-state index contributed by atoms with van der Waals surface area (Å²) in [4.78, 5) is 29.5. The average Bonchev–Trinajstić information content (AvgIpc) is 2.94. The number of hydrogen-bond acceptors (Lipinski definition) is 4. The quantitative estimate of drug-likeness (QED) is 0.870. The first kappa shape index (κ1) is 17.0. The van der Waals surface area contributed by atoms with Crippen molar-refractivity contribution < 1.29 is 19.4 Å². The first-order valence-corrected chi connectivity index (χ1v) is 9.88. The zero-order valence-corrected chi connectivity index (χ0v) is 15.3. The second kappa shape index (κ2) is 6.36. The molecule has 4 aliphatic carbocycles. The third kappa shape index (κ3) is 2.97. The monoisotopic (exact) mass is 364 g/mol. The number of carbonyl (C=O) groups is 2. The zero-order valence-electron chi connectivity index (χ0n) is 14.4. The topological polar surface area (TPSA) is 80.9 Å². The molecule has 4 fully saturated rings. The van der Waals surface area contributed by atoms with Gasteiger partial charge in [-0.2, -0.15) is 4.99 Å². The molecular weight excluding hydrogens is 340 g/mol. The van der Waals surface area contributed by atoms with Crippen LogP contribution in [0.1, 0.15) is 49.0 Å². The van der Waals surface area contributed by atoms with Crippen LogP contribution in [0.15, 0.2) is 10.4 Å². The van der Waals surface area contributed by atoms with Crippen LogP contribution in [-0.2, 0) is 16.1 Å². The van der Waals surface area contributed by atoms with Gasteiger partial charge in [0.15, 0.2) is 4.80 Å². The van der Waals surface area contributed by atoms with Gasteiger partial charge in [0.2, 0.25) is 0 Å². The highest BCUT2D eigenvalue weighted by molar-refractivity contribution is 7.07. The molecule has 1 amide bonds. The van der Waals surface area contributed by atoms with E-state index in [0.29, 0.717) is 35.7 Å². The maximum absolute atomic E-state index is 13.1. The van der Waals surface area contributed by atoms with Crippen molar-refractivity contribution in [1.82, 2.24) is 4.57 Å². The van der Waals surface area contributed by atoms with Gasteiger partial charge in [-0.25, -0.2) is 4.79 Å². The van der Waals surface area contributed by atoms with Crippen molar-refractivity contribution in [3.63, 3.8) is 0 Å². The summed E-state index contributed by atoms with van der Waals surface area (Å²) in [6.45, 7) is 0.768. The number of hydrogen-bond donors (Lipinski definition) is 1. The van der Waals surface area contributed by atoms with Gasteiger partial charge in [-0.1, -0.05) is 0 Å². The Kier molecular flexibility index (Phi) is 4.32. The first-order valence-electron chi connectivity index (χ1n) is 9.00. The Morgan fingerprint density at radius 1 is 1.28 bits per heavy atom. The number of ether oxygens (including phenoxy) is 1. The first-order chi connectivity index (χ1) is 12.0. The van der Waals surface area contributed by atoms with Crippen LogP contribution in [0.25, 0.3) is 0 Å². The van der Waals surface area contributed by atoms with Crippen molar-refractivity contribution in [2.24, 2.45) is 28.2 Å². The largest absolute Gasteiger partial charge is 0.477 e. The number of amides is 1. The molecule has 0 saturated heterocycles. The van der Waals surface area contributed by atoms with Crippen LogP contribution < -0.4 is 4.80 Å². The molecule has 4 aliphatic rings. The number of carboxylic acids is 1. The average molecular weight is 364 g/mol. The molecule has 25 heavy (non-hydrogen) atoms. The summed E-state index contributed by atoms with van der Waals surface area (Å²) >= 11 is 1.23. The van der Waals surface area contributed by atoms with Crippen molar-refractivity contribution in [3.8, 4) is 0 Å². The molecule has 0 aromatic carbocycles. The predicted octanol–water partition coefficient (Wildman–Crippen LogP) is 2.54. The maximum Gasteiger partial charge on any atom is 0.353 e. The van der Waals surface area contributed by atoms with Gasteiger partial charge in [0.05, 0.1) is 12.0 Å². The summed E-state index contributed by atoms with van der Waals surface area (Å²) in [5.41, 5.74) is -0.125. The van der Waals surface area contributed by atoms with Crippen molar-refractivity contribution >= 4 is 23.2 Å². The number of thiazole rings is 1. The molecular formula is C18H24N2O4S. The summed E-state index contributed by atoms with van der Waals surface area (Å²) in [6, 6.07) is 0. The van der Waals surface area contributed by atoms with Gasteiger partial charge in [-0.3, -0.25) is 4.79 Å². The lowest BCUT2D eigenvalue weighted by atomic mass is 9.49. The number of carbonyl (C=O) groups excluding carboxylic acids is 1. The van der Waals surface area contributed by atoms with Gasteiger partial charge in [-0.15, -0.1) is 11.3 Å². The molecule has 1 aromatic rings. The van der Waals surface area contributed by atoms with Crippen LogP contribution in [0, 0.1) is 23.2 Å². The van der Waals surface area contributed by atoms with Gasteiger partial charge in [0.25, 0.3) is 5.91 Å². The van der Waals surface area contributed by atoms with Crippen LogP contribution in [0.5, 0.6) is 0 Å². The van der Waals surface area contributed by atoms with E-state index in [1.807, 2.05) is 0 Å². The summed E-state index contributed by atoms with van der Waals surface area (Å²) in [5.74, 6) is 1.02. The highest BCUT2D eigenvalue weighted by atomic mass is 32.1. The molecule has 1 aromatic heterocycles. The second-order valence-corrected chi connectivity index (χ2v) is 8.80. The number of nitrogens with zero attached hydrogens (tertiary/aromatic N) is 2. The van der Waals surface area contributed by atoms with E-state index in [1.54, 1.807) is 17.1 Å². The number of methoxy groups -OCH3 is 1. The van der Waals surface area contributed by atoms with Crippen molar-refractivity contribution in [3.05, 3.63) is 15.9 Å². The lowest BCUT2D eigenvalue weighted by Crippen LogP contribution is -2.50. The van der Waals surface area contributed by atoms with Gasteiger partial charge < -0.3 is 14.4 Å². The molecule has 0 spiro atoms. The molecule has 4 saturated carbocycles. The Hall–Kier alpha value is -1.47. The fourth-order valence-corrected chi connectivity index (χ4v) is 6.47. The molecule has 0 aliphatic heterocycles. The Labute approximate surface area is 150 Å². The third-order valence-electron chi connectivity index (χ3n) is 6.22. The van der Waals surface area contributed by atoms with E-state index in [4.69, 9.17) is 4.74 Å². The number of carboxylic acid groups (broad SMARTS) is 1. The SMILES string of the molecule is COCCn1c(C(=O)O)csc1=NC(=O)C12CC3CC(CC(C3)C1)C2. The minimum Gasteiger partial charge on any atom is -0.477 e. The van der Waals surface area contributed by atoms with Crippen LogP contribution in [-0.4, -0.2) is 35.3 Å². The summed E-state index contributed by atoms with van der Waals surface area (Å²) in [5, 5.41) is 10.9. The minimum atomic E-state index is -1.00. The Balaban J connectivity index is 1.66. The van der Waals surface area contributed by atoms with Crippen LogP contribution in [0.4, 0.5) is 0 Å². The van der Waals surface area contributed by atoms with Gasteiger partial charge >= 0.3 is 5.97 Å². The lowest BCUT2D eigenvalue weighted by molar-refractivity contribution is -0.142. The smallest absolute Gasteiger partial charge is 0.353 e. The van der Waals surface area contributed by atoms with E-state index in [-0.39, 0.29) is 17.0 Å². The zero-order chi connectivity index (χ0) is 17.6. The molecule has 136 valence electrons. The van der Waals surface area contributed by atoms with E-state index in [0.717, 1.165) is 19.3 Å². The fourth-order valence-electron chi connectivity index (χ4n) is 5.57. The lowest BCUT2D eigenvalue weighted by Gasteiger charge is -2.55. The van der Waals surface area contributed by atoms with Crippen molar-refractivity contribution in [2.45, 2.75) is 45.1 Å². The van der Waals surface area contributed by atoms with E-state index in [1.165, 1.54) is 30.6 Å². The third-order valence-corrected chi connectivity index (χ3v) is 7.09. The van der Waals surface area contributed by atoms with Gasteiger partial charge in [-0.05, 0) is 56.3 Å². The van der Waals surface area contributed by atoms with Crippen molar-refractivity contribution in [1.29, 1.82) is 0 Å². The molecule has 7 heteroatoms. The van der Waals surface area contributed by atoms with E-state index in [9.17, 15) is 14.7 Å². The molecule has 1 heterocycles. The van der Waals surface area contributed by atoms with E-state index >= 15 is 0 Å². The summed E-state index contributed by atoms with van der Waals surface area (Å²) < 4.78 is 6.67. The highest BCUT2D eigenvalue weighted by Gasteiger charge is 2.54. The van der Waals surface area contributed by atoms with Gasteiger partial charge in [0.1, 0.15) is 5.69 Å². The molecule has 0 atom stereocenters. The van der Waals surface area contributed by atoms with E-state index in [2.05, 4.69) is 4.99 Å². The number of aromatic carboxylic acids is 1. The van der Waals surface area contributed by atoms with Gasteiger partial charge in [0, 0.05) is 19.0 Å². The number of rotatable bonds is 5. The highest BCUT2D eigenvalue weighted by Crippen LogP contribution is 2.60. The van der Waals surface area contributed by atoms with Crippen LogP contribution >= 0.6 is 11.3 Å². The molecule has 0 radical (unpaired) electrons. The molecule has 4 bridgehead atoms. The Morgan fingerprint density at radius 2 is 1.88 bits per heavy atom. The normalized spacial score (nSPS) is 33.8. The van der Waals surface area contributed by atoms with E-state index < -0.39 is 5.97 Å². The molecule has 0 unspecified atom stereocenters. The molecule has 5 rings (SSSR count). The predicted molar refractivity (Wildman–Crippen MR) is 92.3 cm³/mol. The summed E-state index contributed by atoms with van der Waals surface area (Å²) in [6.07, 6.45) is 6.75. The minimum absolute atomic E-state index is 0.0310. The molecule has 1 N–H and O–H groups in total. The Morgan fingerprint density at radius 3 is 2.40 bits per heavy atom. The second-order valence-electron chi connectivity index (χ2n) is 7.97. The molecule has 6 nitrogen and oxygen atoms in total. The van der Waals surface area contributed by atoms with Crippen molar-refractivity contribution in [2.75, 3.05) is 13.7 Å². The number of aromatic nitrogens is 1.